The first-order valence-electron chi connectivity index (χ1n) is 5.99. The number of likely N-dealkylation sites (N-methyl/N-ethyl adjacent to an activating group) is 1. The molecule has 0 saturated heterocycles. The third-order valence-corrected chi connectivity index (χ3v) is 2.77. The van der Waals surface area contributed by atoms with E-state index in [-0.39, 0.29) is 12.5 Å². The van der Waals surface area contributed by atoms with E-state index in [0.717, 1.165) is 0 Å². The summed E-state index contributed by atoms with van der Waals surface area (Å²) < 4.78 is 4.88. The van der Waals surface area contributed by atoms with Gasteiger partial charge in [-0.15, -0.1) is 0 Å². The molecule has 0 fully saturated rings. The first-order chi connectivity index (χ1) is 8.99. The molecule has 1 aromatic carbocycles. The minimum Gasteiger partial charge on any atom is -0.397 e. The highest BCUT2D eigenvalue weighted by atomic mass is 16.5. The fraction of sp³-hybridized carbons (Fsp3) is 0.462. The quantitative estimate of drug-likeness (QED) is 0.635. The number of hydrogen-bond donors (Lipinski definition) is 3. The number of nitrogens with two attached hydrogens (primary N) is 1. The summed E-state index contributed by atoms with van der Waals surface area (Å²) in [6, 6.07) is 5.05. The highest BCUT2D eigenvalue weighted by Gasteiger charge is 2.13. The molecular weight excluding hydrogens is 246 g/mol. The Labute approximate surface area is 113 Å². The van der Waals surface area contributed by atoms with Crippen LogP contribution in [0.25, 0.3) is 0 Å². The van der Waals surface area contributed by atoms with Crippen LogP contribution in [-0.4, -0.2) is 51.5 Å². The van der Waals surface area contributed by atoms with E-state index >= 15 is 0 Å². The summed E-state index contributed by atoms with van der Waals surface area (Å²) in [6.07, 6.45) is -0.613. The van der Waals surface area contributed by atoms with Gasteiger partial charge in [-0.05, 0) is 18.2 Å². The molecule has 0 spiro atoms. The molecule has 0 aromatic heterocycles. The summed E-state index contributed by atoms with van der Waals surface area (Å²) in [5, 5.41) is 12.3. The number of benzene rings is 1. The Kier molecular flexibility index (Phi) is 5.59. The van der Waals surface area contributed by atoms with Crippen molar-refractivity contribution in [3.05, 3.63) is 23.8 Å². The Morgan fingerprint density at radius 3 is 2.84 bits per heavy atom. The van der Waals surface area contributed by atoms with Crippen molar-refractivity contribution in [2.45, 2.75) is 6.10 Å². The monoisotopic (exact) mass is 267 g/mol. The number of carbonyl (C=O) groups excluding carboxylic acids is 1. The van der Waals surface area contributed by atoms with Gasteiger partial charge in [-0.3, -0.25) is 4.79 Å². The van der Waals surface area contributed by atoms with E-state index in [1.54, 1.807) is 37.2 Å². The van der Waals surface area contributed by atoms with E-state index in [4.69, 9.17) is 10.5 Å². The molecule has 0 heterocycles. The van der Waals surface area contributed by atoms with Gasteiger partial charge in [0.25, 0.3) is 5.91 Å². The molecule has 0 radical (unpaired) electrons. The smallest absolute Gasteiger partial charge is 0.251 e. The van der Waals surface area contributed by atoms with Crippen LogP contribution in [0.3, 0.4) is 0 Å². The van der Waals surface area contributed by atoms with Crippen molar-refractivity contribution in [1.82, 2.24) is 5.32 Å². The second kappa shape index (κ2) is 6.96. The van der Waals surface area contributed by atoms with Crippen LogP contribution in [0.5, 0.6) is 0 Å². The molecule has 0 aliphatic heterocycles. The number of nitrogen functional groups attached to an aromatic ring is 1. The number of amides is 1. The van der Waals surface area contributed by atoms with Crippen LogP contribution in [0.2, 0.25) is 0 Å². The van der Waals surface area contributed by atoms with Crippen molar-refractivity contribution in [2.24, 2.45) is 0 Å². The molecule has 1 unspecified atom stereocenters. The van der Waals surface area contributed by atoms with Gasteiger partial charge < -0.3 is 25.8 Å². The zero-order valence-electron chi connectivity index (χ0n) is 11.5. The minimum absolute atomic E-state index is 0.174. The Balaban J connectivity index is 2.89. The third kappa shape index (κ3) is 4.11. The Morgan fingerprint density at radius 2 is 2.26 bits per heavy atom. The molecule has 0 saturated carbocycles. The average molecular weight is 267 g/mol. The van der Waals surface area contributed by atoms with Gasteiger partial charge in [-0.1, -0.05) is 0 Å². The second-order valence-corrected chi connectivity index (χ2v) is 4.34. The maximum absolute atomic E-state index is 11.6. The van der Waals surface area contributed by atoms with Crippen LogP contribution in [0.1, 0.15) is 10.4 Å². The van der Waals surface area contributed by atoms with Gasteiger partial charge in [0.05, 0.1) is 24.1 Å². The molecule has 1 aromatic rings. The SMILES string of the molecule is CNC(=O)c1ccc(N)c(N(C)CC(O)COC)c1. The summed E-state index contributed by atoms with van der Waals surface area (Å²) >= 11 is 0. The van der Waals surface area contributed by atoms with Crippen molar-refractivity contribution in [3.63, 3.8) is 0 Å². The number of aliphatic hydroxyl groups excluding tert-OH is 1. The number of rotatable bonds is 6. The molecule has 6 heteroatoms. The van der Waals surface area contributed by atoms with Gasteiger partial charge in [0.2, 0.25) is 0 Å². The Morgan fingerprint density at radius 1 is 1.58 bits per heavy atom. The van der Waals surface area contributed by atoms with E-state index in [2.05, 4.69) is 5.32 Å². The standard InChI is InChI=1S/C13H21N3O3/c1-15-13(18)9-4-5-11(14)12(6-9)16(2)7-10(17)8-19-3/h4-6,10,17H,7-8,14H2,1-3H3,(H,15,18). The maximum atomic E-state index is 11.6. The highest BCUT2D eigenvalue weighted by molar-refractivity contribution is 5.96. The molecule has 1 atom stereocenters. The highest BCUT2D eigenvalue weighted by Crippen LogP contribution is 2.23. The van der Waals surface area contributed by atoms with Gasteiger partial charge in [0.1, 0.15) is 0 Å². The van der Waals surface area contributed by atoms with E-state index < -0.39 is 6.10 Å². The molecule has 0 bridgehead atoms. The number of nitrogens with one attached hydrogen (secondary N) is 1. The number of aliphatic hydroxyl groups is 1. The fourth-order valence-electron chi connectivity index (χ4n) is 1.82. The third-order valence-electron chi connectivity index (χ3n) is 2.77. The zero-order chi connectivity index (χ0) is 14.4. The number of methoxy groups -OCH3 is 1. The minimum atomic E-state index is -0.613. The van der Waals surface area contributed by atoms with Crippen LogP contribution >= 0.6 is 0 Å². The first kappa shape index (κ1) is 15.3. The number of carbonyl (C=O) groups is 1. The Bertz CT molecular complexity index is 437. The molecule has 0 aliphatic carbocycles. The molecule has 6 nitrogen and oxygen atoms in total. The number of hydrogen-bond acceptors (Lipinski definition) is 5. The van der Waals surface area contributed by atoms with Crippen LogP contribution in [0.4, 0.5) is 11.4 Å². The molecule has 19 heavy (non-hydrogen) atoms. The van der Waals surface area contributed by atoms with E-state index in [0.29, 0.717) is 23.5 Å². The largest absolute Gasteiger partial charge is 0.397 e. The van der Waals surface area contributed by atoms with Gasteiger partial charge in [-0.25, -0.2) is 0 Å². The lowest BCUT2D eigenvalue weighted by Crippen LogP contribution is -2.32. The first-order valence-corrected chi connectivity index (χ1v) is 5.99. The fourth-order valence-corrected chi connectivity index (χ4v) is 1.82. The van der Waals surface area contributed by atoms with Crippen molar-refractivity contribution in [3.8, 4) is 0 Å². The average Bonchev–Trinajstić information content (AvgIpc) is 2.38. The topological polar surface area (TPSA) is 87.8 Å². The number of anilines is 2. The maximum Gasteiger partial charge on any atom is 0.251 e. The second-order valence-electron chi connectivity index (χ2n) is 4.34. The molecule has 4 N–H and O–H groups in total. The van der Waals surface area contributed by atoms with E-state index in [9.17, 15) is 9.90 Å². The normalized spacial score (nSPS) is 12.0. The summed E-state index contributed by atoms with van der Waals surface area (Å²) in [4.78, 5) is 13.4. The summed E-state index contributed by atoms with van der Waals surface area (Å²) in [5.41, 5.74) is 7.68. The van der Waals surface area contributed by atoms with Gasteiger partial charge in [0, 0.05) is 33.3 Å². The predicted octanol–water partition coefficient (Wildman–Crippen LogP) is 0.0719. The van der Waals surface area contributed by atoms with Crippen molar-refractivity contribution < 1.29 is 14.6 Å². The number of ether oxygens (including phenoxy) is 1. The van der Waals surface area contributed by atoms with Crippen molar-refractivity contribution in [1.29, 1.82) is 0 Å². The molecule has 106 valence electrons. The van der Waals surface area contributed by atoms with Crippen molar-refractivity contribution in [2.75, 3.05) is 45.0 Å². The van der Waals surface area contributed by atoms with Gasteiger partial charge >= 0.3 is 0 Å². The van der Waals surface area contributed by atoms with Crippen LogP contribution in [0, 0.1) is 0 Å². The van der Waals surface area contributed by atoms with E-state index in [1.807, 2.05) is 0 Å². The van der Waals surface area contributed by atoms with Crippen LogP contribution < -0.4 is 16.0 Å². The summed E-state index contributed by atoms with van der Waals surface area (Å²) in [7, 11) is 4.91. The molecular formula is C13H21N3O3. The zero-order valence-corrected chi connectivity index (χ0v) is 11.5. The van der Waals surface area contributed by atoms with Gasteiger partial charge in [-0.2, -0.15) is 0 Å². The lowest BCUT2D eigenvalue weighted by molar-refractivity contribution is 0.0695. The van der Waals surface area contributed by atoms with Crippen LogP contribution in [0.15, 0.2) is 18.2 Å². The summed E-state index contributed by atoms with van der Waals surface area (Å²) in [6.45, 7) is 0.620. The van der Waals surface area contributed by atoms with Crippen LogP contribution in [-0.2, 0) is 4.74 Å². The Hall–Kier alpha value is -1.79. The predicted molar refractivity (Wildman–Crippen MR) is 75.4 cm³/mol. The lowest BCUT2D eigenvalue weighted by Gasteiger charge is -2.24. The molecule has 1 amide bonds. The lowest BCUT2D eigenvalue weighted by atomic mass is 10.1. The number of nitrogens with zero attached hydrogens (tertiary/aromatic N) is 1. The molecule has 1 rings (SSSR count). The van der Waals surface area contributed by atoms with E-state index in [1.165, 1.54) is 7.11 Å². The van der Waals surface area contributed by atoms with Gasteiger partial charge in [0.15, 0.2) is 0 Å². The van der Waals surface area contributed by atoms with Crippen molar-refractivity contribution >= 4 is 17.3 Å². The summed E-state index contributed by atoms with van der Waals surface area (Å²) in [5.74, 6) is -0.174. The molecule has 0 aliphatic rings.